The number of nitrogens with zero attached hydrogens (tertiary/aromatic N) is 2. The van der Waals surface area contributed by atoms with Gasteiger partial charge >= 0.3 is 0 Å². The molecule has 1 aliphatic heterocycles. The number of hydrogen-bond donors (Lipinski definition) is 1. The molecule has 0 spiro atoms. The van der Waals surface area contributed by atoms with Crippen LogP contribution in [-0.2, 0) is 10.0 Å². The van der Waals surface area contributed by atoms with Crippen molar-refractivity contribution >= 4 is 49.6 Å². The van der Waals surface area contributed by atoms with Gasteiger partial charge in [0.15, 0.2) is 5.76 Å². The maximum absolute atomic E-state index is 13.0. The van der Waals surface area contributed by atoms with Crippen molar-refractivity contribution in [1.82, 2.24) is 4.98 Å². The monoisotopic (exact) mass is 406 g/mol. The van der Waals surface area contributed by atoms with Crippen LogP contribution in [0.5, 0.6) is 0 Å². The molecule has 0 fully saturated rings. The fourth-order valence-electron chi connectivity index (χ4n) is 2.51. The normalized spacial score (nSPS) is 16.3. The Hall–Kier alpha value is -1.90. The molecule has 0 atom stereocenters. The van der Waals surface area contributed by atoms with Crippen LogP contribution in [0.1, 0.15) is 11.3 Å². The summed E-state index contributed by atoms with van der Waals surface area (Å²) in [4.78, 5) is 3.32. The van der Waals surface area contributed by atoms with E-state index in [9.17, 15) is 22.3 Å². The summed E-state index contributed by atoms with van der Waals surface area (Å²) in [6.07, 6.45) is -1.61. The number of alkyl halides is 2. The molecule has 0 radical (unpaired) electrons. The molecule has 0 unspecified atom stereocenters. The number of aliphatic hydroxyl groups excluding tert-OH is 1. The summed E-state index contributed by atoms with van der Waals surface area (Å²) in [5.74, 6) is -0.662. The van der Waals surface area contributed by atoms with Crippen LogP contribution >= 0.6 is 23.2 Å². The molecular weight excluding hydrogens is 397 g/mol. The third kappa shape index (κ3) is 3.05. The van der Waals surface area contributed by atoms with Crippen molar-refractivity contribution in [3.8, 4) is 0 Å². The lowest BCUT2D eigenvalue weighted by molar-refractivity contribution is 0.159. The lowest BCUT2D eigenvalue weighted by atomic mass is 10.1. The number of anilines is 1. The van der Waals surface area contributed by atoms with E-state index >= 15 is 0 Å². The van der Waals surface area contributed by atoms with E-state index < -0.39 is 33.7 Å². The number of sulfonamides is 1. The van der Waals surface area contributed by atoms with E-state index in [1.54, 1.807) is 0 Å². The smallest absolute Gasteiger partial charge is 0.269 e. The fraction of sp³-hybridized carbons (Fsp3) is 0.133. The first kappa shape index (κ1) is 17.9. The number of rotatable bonds is 3. The number of fused-ring (bicyclic) bond motifs is 1. The van der Waals surface area contributed by atoms with Crippen LogP contribution in [0.25, 0.3) is 10.7 Å². The summed E-state index contributed by atoms with van der Waals surface area (Å²) in [6, 6.07) is 6.64. The second-order valence-electron chi connectivity index (χ2n) is 5.10. The molecule has 2 heterocycles. The summed E-state index contributed by atoms with van der Waals surface area (Å²) in [5, 5.41) is 10.7. The topological polar surface area (TPSA) is 70.5 Å². The van der Waals surface area contributed by atoms with Crippen LogP contribution < -0.4 is 4.31 Å². The maximum Gasteiger partial charge on any atom is 0.269 e. The first-order valence-electron chi connectivity index (χ1n) is 6.88. The molecule has 0 saturated heterocycles. The summed E-state index contributed by atoms with van der Waals surface area (Å²) in [6.45, 7) is -1.08. The molecule has 10 heteroatoms. The van der Waals surface area contributed by atoms with Crippen molar-refractivity contribution in [1.29, 1.82) is 0 Å². The van der Waals surface area contributed by atoms with Crippen molar-refractivity contribution in [3.63, 3.8) is 0 Å². The molecule has 1 aromatic carbocycles. The van der Waals surface area contributed by atoms with E-state index in [4.69, 9.17) is 23.2 Å². The third-order valence-electron chi connectivity index (χ3n) is 3.52. The summed E-state index contributed by atoms with van der Waals surface area (Å²) in [5.41, 5.74) is -0.313. The number of aliphatic hydroxyl groups is 1. The standard InChI is InChI=1S/C15H10Cl2F2N2O3S/c16-8-3-4-9(10(17)6-8)15-14(22)13-11(2-1-5-20-13)21(7-12(18)19)25(15,23)24/h1-6,12,22H,7H2. The van der Waals surface area contributed by atoms with Gasteiger partial charge in [0.25, 0.3) is 16.4 Å². The molecule has 1 N–H and O–H groups in total. The van der Waals surface area contributed by atoms with E-state index in [1.807, 2.05) is 0 Å². The minimum Gasteiger partial charge on any atom is -0.504 e. The van der Waals surface area contributed by atoms with Gasteiger partial charge in [-0.05, 0) is 24.3 Å². The number of benzene rings is 1. The quantitative estimate of drug-likeness (QED) is 0.829. The largest absolute Gasteiger partial charge is 0.504 e. The van der Waals surface area contributed by atoms with Crippen LogP contribution in [0.3, 0.4) is 0 Å². The number of hydrogen-bond acceptors (Lipinski definition) is 4. The molecule has 132 valence electrons. The van der Waals surface area contributed by atoms with Crippen molar-refractivity contribution < 1.29 is 22.3 Å². The molecule has 2 aromatic rings. The molecule has 1 aromatic heterocycles. The zero-order valence-electron chi connectivity index (χ0n) is 12.3. The molecule has 5 nitrogen and oxygen atoms in total. The molecule has 0 aliphatic carbocycles. The van der Waals surface area contributed by atoms with Crippen molar-refractivity contribution in [2.75, 3.05) is 10.8 Å². The first-order chi connectivity index (χ1) is 11.7. The highest BCUT2D eigenvalue weighted by atomic mass is 35.5. The number of pyridine rings is 1. The van der Waals surface area contributed by atoms with E-state index in [1.165, 1.54) is 36.5 Å². The van der Waals surface area contributed by atoms with Crippen LogP contribution in [0.15, 0.2) is 36.5 Å². The van der Waals surface area contributed by atoms with E-state index in [2.05, 4.69) is 4.98 Å². The minimum atomic E-state index is -4.49. The molecular formula is C15H10Cl2F2N2O3S. The zero-order chi connectivity index (χ0) is 18.4. The molecule has 0 amide bonds. The highest BCUT2D eigenvalue weighted by Crippen LogP contribution is 2.43. The second-order valence-corrected chi connectivity index (χ2v) is 7.74. The van der Waals surface area contributed by atoms with Crippen LogP contribution in [0.4, 0.5) is 14.5 Å². The SMILES string of the molecule is O=S1(=O)C(c2ccc(Cl)cc2Cl)=C(O)c2ncccc2N1CC(F)F. The van der Waals surface area contributed by atoms with Crippen molar-refractivity contribution in [3.05, 3.63) is 57.8 Å². The summed E-state index contributed by atoms with van der Waals surface area (Å²) < 4.78 is 52.3. The van der Waals surface area contributed by atoms with Gasteiger partial charge in [0.2, 0.25) is 0 Å². The molecule has 0 saturated carbocycles. The molecule has 0 bridgehead atoms. The van der Waals surface area contributed by atoms with Gasteiger partial charge in [-0.3, -0.25) is 9.29 Å². The summed E-state index contributed by atoms with van der Waals surface area (Å²) >= 11 is 11.9. The fourth-order valence-corrected chi connectivity index (χ4v) is 4.80. The van der Waals surface area contributed by atoms with Gasteiger partial charge in [0.05, 0.1) is 17.3 Å². The van der Waals surface area contributed by atoms with Gasteiger partial charge in [-0.1, -0.05) is 29.3 Å². The van der Waals surface area contributed by atoms with Gasteiger partial charge in [0, 0.05) is 16.8 Å². The number of aromatic nitrogens is 1. The highest BCUT2D eigenvalue weighted by molar-refractivity contribution is 8.02. The van der Waals surface area contributed by atoms with E-state index in [0.29, 0.717) is 4.31 Å². The highest BCUT2D eigenvalue weighted by Gasteiger charge is 2.40. The Morgan fingerprint density at radius 3 is 2.60 bits per heavy atom. The van der Waals surface area contributed by atoms with Crippen LogP contribution in [0, 0.1) is 0 Å². The number of halogens is 4. The van der Waals surface area contributed by atoms with E-state index in [-0.39, 0.29) is 27.0 Å². The minimum absolute atomic E-state index is 0.0472. The average Bonchev–Trinajstić information content (AvgIpc) is 2.53. The van der Waals surface area contributed by atoms with Crippen LogP contribution in [-0.4, -0.2) is 31.5 Å². The van der Waals surface area contributed by atoms with Gasteiger partial charge in [-0.15, -0.1) is 0 Å². The first-order valence-corrected chi connectivity index (χ1v) is 9.08. The van der Waals surface area contributed by atoms with Crippen molar-refractivity contribution in [2.24, 2.45) is 0 Å². The molecule has 3 rings (SSSR count). The van der Waals surface area contributed by atoms with Gasteiger partial charge in [-0.25, -0.2) is 17.2 Å². The predicted molar refractivity (Wildman–Crippen MR) is 92.4 cm³/mol. The Labute approximate surface area is 152 Å². The zero-order valence-corrected chi connectivity index (χ0v) is 14.7. The average molecular weight is 407 g/mol. The van der Waals surface area contributed by atoms with Crippen LogP contribution in [0.2, 0.25) is 10.0 Å². The van der Waals surface area contributed by atoms with Gasteiger partial charge < -0.3 is 5.11 Å². The predicted octanol–water partition coefficient (Wildman–Crippen LogP) is 4.19. The van der Waals surface area contributed by atoms with Gasteiger partial charge in [0.1, 0.15) is 10.6 Å². The second kappa shape index (κ2) is 6.44. The summed E-state index contributed by atoms with van der Waals surface area (Å²) in [7, 11) is -4.49. The lowest BCUT2D eigenvalue weighted by Gasteiger charge is -2.31. The van der Waals surface area contributed by atoms with Gasteiger partial charge in [-0.2, -0.15) is 0 Å². The Morgan fingerprint density at radius 2 is 1.96 bits per heavy atom. The van der Waals surface area contributed by atoms with Crippen molar-refractivity contribution in [2.45, 2.75) is 6.43 Å². The molecule has 1 aliphatic rings. The Kier molecular flexibility index (Phi) is 4.61. The third-order valence-corrected chi connectivity index (χ3v) is 5.93. The lowest BCUT2D eigenvalue weighted by Crippen LogP contribution is -2.39. The Bertz CT molecular complexity index is 980. The molecule has 25 heavy (non-hydrogen) atoms. The Morgan fingerprint density at radius 1 is 1.24 bits per heavy atom. The maximum atomic E-state index is 13.0. The Balaban J connectivity index is 2.33. The van der Waals surface area contributed by atoms with E-state index in [0.717, 1.165) is 0 Å².